The number of aryl methyl sites for hydroxylation is 1. The molecule has 0 saturated heterocycles. The van der Waals surface area contributed by atoms with Gasteiger partial charge in [0.05, 0.1) is 24.1 Å². The van der Waals surface area contributed by atoms with Crippen LogP contribution in [0.2, 0.25) is 0 Å². The molecule has 2 aliphatic rings. The number of benzene rings is 1. The molecule has 144 valence electrons. The van der Waals surface area contributed by atoms with Crippen molar-refractivity contribution < 1.29 is 17.6 Å². The third-order valence-corrected chi connectivity index (χ3v) is 5.72. The van der Waals surface area contributed by atoms with Crippen LogP contribution in [0.4, 0.5) is 5.69 Å². The number of amidine groups is 1. The predicted molar refractivity (Wildman–Crippen MR) is 106 cm³/mol. The summed E-state index contributed by atoms with van der Waals surface area (Å²) in [6.45, 7) is 2.54. The summed E-state index contributed by atoms with van der Waals surface area (Å²) < 4.78 is 32.5. The quantitative estimate of drug-likeness (QED) is 0.792. The SMILES string of the molecule is Cc1ccc(N(Cc2ccco2)C(=O)C2=CN3CCS(=O)(=O)N=C3C=C2)cc1. The molecular formula is C20H19N3O4S. The smallest absolute Gasteiger partial charge is 0.260 e. The number of hydrogen-bond donors (Lipinski definition) is 0. The van der Waals surface area contributed by atoms with Gasteiger partial charge in [-0.1, -0.05) is 17.7 Å². The van der Waals surface area contributed by atoms with Crippen LogP contribution in [-0.2, 0) is 21.4 Å². The van der Waals surface area contributed by atoms with Gasteiger partial charge in [-0.25, -0.2) is 8.42 Å². The summed E-state index contributed by atoms with van der Waals surface area (Å²) in [7, 11) is -3.43. The average molecular weight is 397 g/mol. The van der Waals surface area contributed by atoms with E-state index in [1.54, 1.807) is 40.5 Å². The topological polar surface area (TPSA) is 83.2 Å². The maximum absolute atomic E-state index is 13.3. The standard InChI is InChI=1S/C20H19N3O4S/c1-15-4-7-17(8-5-15)23(14-18-3-2-11-27-18)20(24)16-6-9-19-21-28(25,26)12-10-22(19)13-16/h2-9,11,13H,10,12,14H2,1H3. The second kappa shape index (κ2) is 7.12. The first-order valence-electron chi connectivity index (χ1n) is 8.81. The molecule has 0 saturated carbocycles. The average Bonchev–Trinajstić information content (AvgIpc) is 3.19. The van der Waals surface area contributed by atoms with E-state index in [2.05, 4.69) is 4.40 Å². The first-order chi connectivity index (χ1) is 13.4. The first kappa shape index (κ1) is 18.2. The number of amides is 1. The number of rotatable bonds is 4. The van der Waals surface area contributed by atoms with Crippen LogP contribution >= 0.6 is 0 Å². The fraction of sp³-hybridized carbons (Fsp3) is 0.200. The minimum atomic E-state index is -3.43. The number of hydrogen-bond acceptors (Lipinski definition) is 5. The van der Waals surface area contributed by atoms with Gasteiger partial charge in [-0.05, 0) is 43.3 Å². The van der Waals surface area contributed by atoms with Crippen LogP contribution in [0, 0.1) is 6.92 Å². The lowest BCUT2D eigenvalue weighted by Gasteiger charge is -2.29. The maximum atomic E-state index is 13.3. The molecule has 2 aromatic rings. The van der Waals surface area contributed by atoms with Gasteiger partial charge >= 0.3 is 0 Å². The highest BCUT2D eigenvalue weighted by molar-refractivity contribution is 7.90. The van der Waals surface area contributed by atoms with Crippen molar-refractivity contribution in [3.8, 4) is 0 Å². The van der Waals surface area contributed by atoms with E-state index in [-0.39, 0.29) is 24.7 Å². The van der Waals surface area contributed by atoms with Crippen LogP contribution in [0.3, 0.4) is 0 Å². The molecule has 7 nitrogen and oxygen atoms in total. The van der Waals surface area contributed by atoms with Gasteiger partial charge in [-0.3, -0.25) is 4.79 Å². The van der Waals surface area contributed by atoms with Crippen LogP contribution in [-0.4, -0.2) is 37.4 Å². The van der Waals surface area contributed by atoms with Crippen LogP contribution in [0.15, 0.2) is 75.4 Å². The van der Waals surface area contributed by atoms with E-state index in [0.29, 0.717) is 17.2 Å². The molecule has 0 spiro atoms. The van der Waals surface area contributed by atoms with Gasteiger partial charge in [0, 0.05) is 18.4 Å². The van der Waals surface area contributed by atoms with Crippen LogP contribution < -0.4 is 4.90 Å². The molecule has 2 aliphatic heterocycles. The van der Waals surface area contributed by atoms with E-state index < -0.39 is 10.0 Å². The Morgan fingerprint density at radius 1 is 1.21 bits per heavy atom. The Morgan fingerprint density at radius 2 is 2.00 bits per heavy atom. The highest BCUT2D eigenvalue weighted by atomic mass is 32.2. The van der Waals surface area contributed by atoms with Crippen molar-refractivity contribution in [2.24, 2.45) is 4.40 Å². The zero-order valence-corrected chi connectivity index (χ0v) is 16.1. The largest absolute Gasteiger partial charge is 0.467 e. The Morgan fingerprint density at radius 3 is 2.71 bits per heavy atom. The first-order valence-corrected chi connectivity index (χ1v) is 10.4. The Hall–Kier alpha value is -3.13. The third kappa shape index (κ3) is 3.77. The molecule has 28 heavy (non-hydrogen) atoms. The van der Waals surface area contributed by atoms with Crippen molar-refractivity contribution in [3.63, 3.8) is 0 Å². The minimum absolute atomic E-state index is 0.0730. The Bertz CT molecular complexity index is 1080. The van der Waals surface area contributed by atoms with Crippen molar-refractivity contribution in [1.29, 1.82) is 0 Å². The molecule has 4 rings (SSSR count). The number of fused-ring (bicyclic) bond motifs is 1. The number of carbonyl (C=O) groups is 1. The number of anilines is 1. The second-order valence-corrected chi connectivity index (χ2v) is 8.41. The van der Waals surface area contributed by atoms with E-state index in [1.165, 1.54) is 0 Å². The van der Waals surface area contributed by atoms with Crippen LogP contribution in [0.5, 0.6) is 0 Å². The zero-order valence-electron chi connectivity index (χ0n) is 15.3. The molecule has 1 aromatic carbocycles. The van der Waals surface area contributed by atoms with Gasteiger partial charge in [0.2, 0.25) is 0 Å². The molecule has 8 heteroatoms. The van der Waals surface area contributed by atoms with Gasteiger partial charge in [-0.2, -0.15) is 0 Å². The lowest BCUT2D eigenvalue weighted by Crippen LogP contribution is -2.39. The highest BCUT2D eigenvalue weighted by Gasteiger charge is 2.27. The van der Waals surface area contributed by atoms with Crippen molar-refractivity contribution in [2.45, 2.75) is 13.5 Å². The summed E-state index contributed by atoms with van der Waals surface area (Å²) in [5, 5.41) is 0. The molecule has 0 bridgehead atoms. The van der Waals surface area contributed by atoms with E-state index in [0.717, 1.165) is 11.3 Å². The van der Waals surface area contributed by atoms with Crippen LogP contribution in [0.25, 0.3) is 0 Å². The molecule has 0 fully saturated rings. The number of furan rings is 1. The Kier molecular flexibility index (Phi) is 4.64. The minimum Gasteiger partial charge on any atom is -0.467 e. The summed E-state index contributed by atoms with van der Waals surface area (Å²) in [5.41, 5.74) is 2.30. The molecule has 0 atom stereocenters. The van der Waals surface area contributed by atoms with Crippen molar-refractivity contribution >= 4 is 27.5 Å². The van der Waals surface area contributed by atoms with Crippen LogP contribution in [0.1, 0.15) is 11.3 Å². The summed E-state index contributed by atoms with van der Waals surface area (Å²) in [6, 6.07) is 11.3. The lowest BCUT2D eigenvalue weighted by atomic mass is 10.1. The Balaban J connectivity index is 1.65. The van der Waals surface area contributed by atoms with E-state index in [9.17, 15) is 13.2 Å². The van der Waals surface area contributed by atoms with Gasteiger partial charge in [0.15, 0.2) is 0 Å². The summed E-state index contributed by atoms with van der Waals surface area (Å²) >= 11 is 0. The number of sulfonamides is 1. The van der Waals surface area contributed by atoms with E-state index in [1.807, 2.05) is 37.3 Å². The van der Waals surface area contributed by atoms with Crippen molar-refractivity contribution in [2.75, 3.05) is 17.2 Å². The Labute approximate surface area is 163 Å². The number of carbonyl (C=O) groups excluding carboxylic acids is 1. The zero-order chi connectivity index (χ0) is 19.7. The van der Waals surface area contributed by atoms with Crippen molar-refractivity contribution in [1.82, 2.24) is 4.90 Å². The summed E-state index contributed by atoms with van der Waals surface area (Å²) in [6.07, 6.45) is 6.38. The molecule has 0 unspecified atom stereocenters. The maximum Gasteiger partial charge on any atom is 0.260 e. The second-order valence-electron chi connectivity index (χ2n) is 6.65. The summed E-state index contributed by atoms with van der Waals surface area (Å²) in [5.74, 6) is 0.719. The monoisotopic (exact) mass is 397 g/mol. The van der Waals surface area contributed by atoms with Gasteiger partial charge in [-0.15, -0.1) is 4.40 Å². The number of nitrogens with zero attached hydrogens (tertiary/aromatic N) is 3. The van der Waals surface area contributed by atoms with Crippen molar-refractivity contribution in [3.05, 3.63) is 77.9 Å². The van der Waals surface area contributed by atoms with Gasteiger partial charge in [0.25, 0.3) is 15.9 Å². The van der Waals surface area contributed by atoms with Gasteiger partial charge in [0.1, 0.15) is 11.6 Å². The fourth-order valence-electron chi connectivity index (χ4n) is 3.05. The molecule has 3 heterocycles. The van der Waals surface area contributed by atoms with E-state index in [4.69, 9.17) is 4.42 Å². The van der Waals surface area contributed by atoms with Gasteiger partial charge < -0.3 is 14.2 Å². The summed E-state index contributed by atoms with van der Waals surface area (Å²) in [4.78, 5) is 16.6. The lowest BCUT2D eigenvalue weighted by molar-refractivity contribution is -0.115. The molecule has 1 aromatic heterocycles. The highest BCUT2D eigenvalue weighted by Crippen LogP contribution is 2.23. The predicted octanol–water partition coefficient (Wildman–Crippen LogP) is 2.62. The molecule has 0 aliphatic carbocycles. The molecule has 0 N–H and O–H groups in total. The normalized spacial score (nSPS) is 17.5. The third-order valence-electron chi connectivity index (χ3n) is 4.56. The fourth-order valence-corrected chi connectivity index (χ4v) is 4.02. The molecule has 1 amide bonds. The molecular weight excluding hydrogens is 378 g/mol. The van der Waals surface area contributed by atoms with E-state index >= 15 is 0 Å². The molecule has 0 radical (unpaired) electrons.